The van der Waals surface area contributed by atoms with Gasteiger partial charge in [-0.2, -0.15) is 0 Å². The molecular formula is C22H27N3O3. The van der Waals surface area contributed by atoms with Crippen molar-refractivity contribution in [2.75, 3.05) is 43.5 Å². The van der Waals surface area contributed by atoms with Crippen LogP contribution in [0, 0.1) is 0 Å². The van der Waals surface area contributed by atoms with E-state index in [1.165, 1.54) is 0 Å². The smallest absolute Gasteiger partial charge is 0.241 e. The molecule has 2 aromatic rings. The maximum Gasteiger partial charge on any atom is 0.241 e. The van der Waals surface area contributed by atoms with Crippen LogP contribution in [0.25, 0.3) is 0 Å². The molecule has 28 heavy (non-hydrogen) atoms. The fraction of sp³-hybridized carbons (Fsp3) is 0.364. The largest absolute Gasteiger partial charge is 0.497 e. The zero-order chi connectivity index (χ0) is 20.1. The van der Waals surface area contributed by atoms with Crippen molar-refractivity contribution in [1.29, 1.82) is 0 Å². The molecule has 1 atom stereocenters. The van der Waals surface area contributed by atoms with Crippen molar-refractivity contribution in [3.05, 3.63) is 54.1 Å². The summed E-state index contributed by atoms with van der Waals surface area (Å²) < 4.78 is 5.20. The lowest BCUT2D eigenvalue weighted by atomic mass is 10.1. The molecular weight excluding hydrogens is 354 g/mol. The molecule has 1 amide bonds. The third-order valence-electron chi connectivity index (χ3n) is 5.22. The summed E-state index contributed by atoms with van der Waals surface area (Å²) in [4.78, 5) is 28.5. The Labute approximate surface area is 166 Å². The van der Waals surface area contributed by atoms with E-state index >= 15 is 0 Å². The summed E-state index contributed by atoms with van der Waals surface area (Å²) in [7, 11) is 1.61. The second kappa shape index (κ2) is 8.89. The second-order valence-electron chi connectivity index (χ2n) is 7.02. The quantitative estimate of drug-likeness (QED) is 0.780. The minimum absolute atomic E-state index is 0.0208. The van der Waals surface area contributed by atoms with E-state index in [1.54, 1.807) is 14.0 Å². The van der Waals surface area contributed by atoms with Crippen LogP contribution in [0.5, 0.6) is 5.75 Å². The highest BCUT2D eigenvalue weighted by Gasteiger charge is 2.25. The van der Waals surface area contributed by atoms with Crippen LogP contribution in [0.3, 0.4) is 0 Å². The van der Waals surface area contributed by atoms with Gasteiger partial charge < -0.3 is 15.0 Å². The SMILES string of the molecule is COc1cccc(NC(=O)C(C)N2CCN(c3ccc(C(C)=O)cc3)CC2)c1. The van der Waals surface area contributed by atoms with Crippen LogP contribution in [0.4, 0.5) is 11.4 Å². The van der Waals surface area contributed by atoms with Crippen molar-refractivity contribution >= 4 is 23.1 Å². The van der Waals surface area contributed by atoms with Crippen LogP contribution in [-0.2, 0) is 4.79 Å². The minimum Gasteiger partial charge on any atom is -0.497 e. The number of carbonyl (C=O) groups is 2. The van der Waals surface area contributed by atoms with Gasteiger partial charge in [0, 0.05) is 49.2 Å². The predicted molar refractivity (Wildman–Crippen MR) is 111 cm³/mol. The van der Waals surface area contributed by atoms with E-state index < -0.39 is 0 Å². The van der Waals surface area contributed by atoms with Crippen LogP contribution in [0.2, 0.25) is 0 Å². The number of methoxy groups -OCH3 is 1. The average Bonchev–Trinajstić information content (AvgIpc) is 2.73. The molecule has 0 aliphatic carbocycles. The zero-order valence-corrected chi connectivity index (χ0v) is 16.6. The van der Waals surface area contributed by atoms with E-state index in [0.717, 1.165) is 48.9 Å². The number of anilines is 2. The molecule has 0 bridgehead atoms. The number of piperazine rings is 1. The number of ether oxygens (including phenoxy) is 1. The van der Waals surface area contributed by atoms with Gasteiger partial charge in [-0.25, -0.2) is 0 Å². The Morgan fingerprint density at radius 3 is 2.32 bits per heavy atom. The Balaban J connectivity index is 1.54. The van der Waals surface area contributed by atoms with Gasteiger partial charge in [0.15, 0.2) is 5.78 Å². The van der Waals surface area contributed by atoms with Crippen molar-refractivity contribution in [1.82, 2.24) is 4.90 Å². The number of hydrogen-bond acceptors (Lipinski definition) is 5. The summed E-state index contributed by atoms with van der Waals surface area (Å²) >= 11 is 0. The molecule has 6 nitrogen and oxygen atoms in total. The summed E-state index contributed by atoms with van der Waals surface area (Å²) in [6, 6.07) is 14.9. The molecule has 1 aliphatic rings. The van der Waals surface area contributed by atoms with Gasteiger partial charge in [-0.15, -0.1) is 0 Å². The molecule has 0 aromatic heterocycles. The van der Waals surface area contributed by atoms with E-state index in [-0.39, 0.29) is 17.7 Å². The highest BCUT2D eigenvalue weighted by Crippen LogP contribution is 2.20. The molecule has 1 aliphatic heterocycles. The molecule has 6 heteroatoms. The van der Waals surface area contributed by atoms with Gasteiger partial charge in [-0.05, 0) is 50.2 Å². The van der Waals surface area contributed by atoms with Crippen LogP contribution in [0.15, 0.2) is 48.5 Å². The molecule has 1 heterocycles. The maximum absolute atomic E-state index is 12.6. The first-order valence-corrected chi connectivity index (χ1v) is 9.53. The number of rotatable bonds is 6. The van der Waals surface area contributed by atoms with Gasteiger partial charge in [0.05, 0.1) is 13.2 Å². The van der Waals surface area contributed by atoms with Crippen LogP contribution < -0.4 is 15.0 Å². The molecule has 3 rings (SSSR count). The third-order valence-corrected chi connectivity index (χ3v) is 5.22. The van der Waals surface area contributed by atoms with E-state index in [9.17, 15) is 9.59 Å². The van der Waals surface area contributed by atoms with Crippen molar-refractivity contribution in [3.63, 3.8) is 0 Å². The Bertz CT molecular complexity index is 827. The van der Waals surface area contributed by atoms with Gasteiger partial charge in [0.25, 0.3) is 0 Å². The highest BCUT2D eigenvalue weighted by molar-refractivity contribution is 5.95. The number of benzene rings is 2. The van der Waals surface area contributed by atoms with E-state index in [1.807, 2.05) is 55.5 Å². The molecule has 148 valence electrons. The van der Waals surface area contributed by atoms with Gasteiger partial charge >= 0.3 is 0 Å². The maximum atomic E-state index is 12.6. The summed E-state index contributed by atoms with van der Waals surface area (Å²) in [6.45, 7) is 6.81. The summed E-state index contributed by atoms with van der Waals surface area (Å²) in [5.74, 6) is 0.773. The Morgan fingerprint density at radius 2 is 1.71 bits per heavy atom. The topological polar surface area (TPSA) is 61.9 Å². The third kappa shape index (κ3) is 4.70. The zero-order valence-electron chi connectivity index (χ0n) is 16.6. The van der Waals surface area contributed by atoms with Crippen LogP contribution in [0.1, 0.15) is 24.2 Å². The lowest BCUT2D eigenvalue weighted by Crippen LogP contribution is -2.52. The number of carbonyl (C=O) groups excluding carboxylic acids is 2. The van der Waals surface area contributed by atoms with Gasteiger partial charge in [0.1, 0.15) is 5.75 Å². The monoisotopic (exact) mass is 381 g/mol. The second-order valence-corrected chi connectivity index (χ2v) is 7.02. The predicted octanol–water partition coefficient (Wildman–Crippen LogP) is 3.05. The molecule has 1 N–H and O–H groups in total. The molecule has 0 radical (unpaired) electrons. The lowest BCUT2D eigenvalue weighted by molar-refractivity contribution is -0.120. The summed E-state index contributed by atoms with van der Waals surface area (Å²) in [5, 5.41) is 2.97. The van der Waals surface area contributed by atoms with Gasteiger partial charge in [-0.1, -0.05) is 6.07 Å². The number of Topliss-reactive ketones (excluding diaryl/α,β-unsaturated/α-hetero) is 1. The fourth-order valence-electron chi connectivity index (χ4n) is 3.39. The van der Waals surface area contributed by atoms with Gasteiger partial charge in [0.2, 0.25) is 5.91 Å². The molecule has 1 saturated heterocycles. The number of amides is 1. The molecule has 0 spiro atoms. The Kier molecular flexibility index (Phi) is 6.31. The van der Waals surface area contributed by atoms with Gasteiger partial charge in [-0.3, -0.25) is 14.5 Å². The molecule has 0 saturated carbocycles. The van der Waals surface area contributed by atoms with E-state index in [0.29, 0.717) is 0 Å². The van der Waals surface area contributed by atoms with Crippen molar-refractivity contribution in [2.24, 2.45) is 0 Å². The standard InChI is InChI=1S/C22H27N3O3/c1-16(22(27)23-19-5-4-6-21(15-19)28-3)24-11-13-25(14-12-24)20-9-7-18(8-10-20)17(2)26/h4-10,15-16H,11-14H2,1-3H3,(H,23,27). The van der Waals surface area contributed by atoms with Crippen LogP contribution >= 0.6 is 0 Å². The molecule has 1 unspecified atom stereocenters. The molecule has 1 fully saturated rings. The Morgan fingerprint density at radius 1 is 1.04 bits per heavy atom. The highest BCUT2D eigenvalue weighted by atomic mass is 16.5. The first-order chi connectivity index (χ1) is 13.5. The number of nitrogens with one attached hydrogen (secondary N) is 1. The van der Waals surface area contributed by atoms with E-state index in [4.69, 9.17) is 4.74 Å². The number of hydrogen-bond donors (Lipinski definition) is 1. The summed E-state index contributed by atoms with van der Waals surface area (Å²) in [6.07, 6.45) is 0. The first-order valence-electron chi connectivity index (χ1n) is 9.53. The Hall–Kier alpha value is -2.86. The van der Waals surface area contributed by atoms with Crippen molar-refractivity contribution in [3.8, 4) is 5.75 Å². The lowest BCUT2D eigenvalue weighted by Gasteiger charge is -2.38. The van der Waals surface area contributed by atoms with Crippen molar-refractivity contribution in [2.45, 2.75) is 19.9 Å². The number of ketones is 1. The van der Waals surface area contributed by atoms with Crippen LogP contribution in [-0.4, -0.2) is 55.9 Å². The molecule has 2 aromatic carbocycles. The fourth-order valence-corrected chi connectivity index (χ4v) is 3.39. The minimum atomic E-state index is -0.214. The normalized spacial score (nSPS) is 15.8. The average molecular weight is 381 g/mol. The van der Waals surface area contributed by atoms with E-state index in [2.05, 4.69) is 15.1 Å². The number of nitrogens with zero attached hydrogens (tertiary/aromatic N) is 2. The van der Waals surface area contributed by atoms with Crippen molar-refractivity contribution < 1.29 is 14.3 Å². The first kappa shape index (κ1) is 19.9. The summed E-state index contributed by atoms with van der Waals surface area (Å²) in [5.41, 5.74) is 2.57.